The third-order valence-corrected chi connectivity index (χ3v) is 6.83. The van der Waals surface area contributed by atoms with Gasteiger partial charge in [0.25, 0.3) is 5.91 Å². The monoisotopic (exact) mass is 501 g/mol. The molecule has 0 spiro atoms. The zero-order valence-electron chi connectivity index (χ0n) is 18.6. The smallest absolute Gasteiger partial charge is 0.257 e. The number of thiocarbonyl (C=S) groups is 1. The quantitative estimate of drug-likeness (QED) is 0.312. The van der Waals surface area contributed by atoms with Crippen molar-refractivity contribution in [3.05, 3.63) is 120 Å². The van der Waals surface area contributed by atoms with Crippen LogP contribution in [-0.4, -0.2) is 19.4 Å². The first-order chi connectivity index (χ1) is 16.9. The van der Waals surface area contributed by atoms with Crippen molar-refractivity contribution in [3.8, 4) is 11.1 Å². The van der Waals surface area contributed by atoms with Crippen molar-refractivity contribution in [2.24, 2.45) is 0 Å². The molecule has 0 heterocycles. The molecule has 0 atom stereocenters. The van der Waals surface area contributed by atoms with Crippen molar-refractivity contribution in [1.82, 2.24) is 10.0 Å². The number of hydrogen-bond acceptors (Lipinski definition) is 4. The molecule has 0 aromatic heterocycles. The highest BCUT2D eigenvalue weighted by Gasteiger charge is 2.14. The van der Waals surface area contributed by atoms with Crippen molar-refractivity contribution in [2.75, 3.05) is 5.32 Å². The molecule has 3 N–H and O–H groups in total. The van der Waals surface area contributed by atoms with Gasteiger partial charge in [0.05, 0.1) is 4.90 Å². The van der Waals surface area contributed by atoms with E-state index in [1.807, 2.05) is 72.8 Å². The third-order valence-electron chi connectivity index (χ3n) is 5.21. The fourth-order valence-corrected chi connectivity index (χ4v) is 4.59. The molecule has 8 heteroatoms. The van der Waals surface area contributed by atoms with E-state index in [4.69, 9.17) is 12.2 Å². The first kappa shape index (κ1) is 24.3. The molecule has 0 saturated carbocycles. The fourth-order valence-electron chi connectivity index (χ4n) is 3.36. The van der Waals surface area contributed by atoms with Gasteiger partial charge in [0.2, 0.25) is 10.0 Å². The highest BCUT2D eigenvalue weighted by Crippen LogP contribution is 2.19. The molecule has 0 saturated heterocycles. The van der Waals surface area contributed by atoms with Crippen LogP contribution in [0.5, 0.6) is 0 Å². The summed E-state index contributed by atoms with van der Waals surface area (Å²) >= 11 is 5.24. The van der Waals surface area contributed by atoms with Crippen LogP contribution in [0, 0.1) is 0 Å². The Morgan fingerprint density at radius 3 is 1.91 bits per heavy atom. The largest absolute Gasteiger partial charge is 0.332 e. The molecule has 35 heavy (non-hydrogen) atoms. The van der Waals surface area contributed by atoms with E-state index in [1.54, 1.807) is 24.3 Å². The first-order valence-electron chi connectivity index (χ1n) is 10.8. The number of benzene rings is 4. The Hall–Kier alpha value is -3.85. The maximum absolute atomic E-state index is 12.5. The molecule has 4 rings (SSSR count). The number of anilines is 1. The Bertz CT molecular complexity index is 1410. The standard InChI is InChI=1S/C27H23N3O3S2/c31-26(23-13-11-22(12-14-23)21-9-5-2-6-10-21)30-27(34)29-24-15-17-25(18-16-24)35(32,33)28-19-20-7-3-1-4-8-20/h1-18,28H,19H2,(H2,29,30,31,34). The van der Waals surface area contributed by atoms with Crippen molar-refractivity contribution in [3.63, 3.8) is 0 Å². The molecular weight excluding hydrogens is 478 g/mol. The van der Waals surface area contributed by atoms with E-state index < -0.39 is 10.0 Å². The summed E-state index contributed by atoms with van der Waals surface area (Å²) in [5, 5.41) is 5.65. The van der Waals surface area contributed by atoms with E-state index in [-0.39, 0.29) is 22.5 Å². The number of nitrogens with one attached hydrogen (secondary N) is 3. The van der Waals surface area contributed by atoms with E-state index in [1.165, 1.54) is 12.1 Å². The minimum Gasteiger partial charge on any atom is -0.332 e. The lowest BCUT2D eigenvalue weighted by Gasteiger charge is -2.11. The van der Waals surface area contributed by atoms with E-state index in [0.717, 1.165) is 16.7 Å². The van der Waals surface area contributed by atoms with Gasteiger partial charge in [0.15, 0.2) is 5.11 Å². The van der Waals surface area contributed by atoms with Crippen LogP contribution in [0.3, 0.4) is 0 Å². The summed E-state index contributed by atoms with van der Waals surface area (Å²) in [6, 6.07) is 32.5. The van der Waals surface area contributed by atoms with Crippen LogP contribution in [0.15, 0.2) is 114 Å². The Morgan fingerprint density at radius 1 is 0.714 bits per heavy atom. The van der Waals surface area contributed by atoms with E-state index in [9.17, 15) is 13.2 Å². The van der Waals surface area contributed by atoms with E-state index in [0.29, 0.717) is 11.3 Å². The molecule has 176 valence electrons. The van der Waals surface area contributed by atoms with Gasteiger partial charge >= 0.3 is 0 Å². The second-order valence-corrected chi connectivity index (χ2v) is 9.86. The number of amides is 1. The SMILES string of the molecule is O=C(NC(=S)Nc1ccc(S(=O)(=O)NCc2ccccc2)cc1)c1ccc(-c2ccccc2)cc1. The minimum absolute atomic E-state index is 0.111. The van der Waals surface area contributed by atoms with Crippen molar-refractivity contribution in [2.45, 2.75) is 11.4 Å². The lowest BCUT2D eigenvalue weighted by Crippen LogP contribution is -2.34. The van der Waals surface area contributed by atoms with Gasteiger partial charge in [0.1, 0.15) is 0 Å². The average molecular weight is 502 g/mol. The van der Waals surface area contributed by atoms with Gasteiger partial charge in [-0.25, -0.2) is 13.1 Å². The number of carbonyl (C=O) groups excluding carboxylic acids is 1. The van der Waals surface area contributed by atoms with Gasteiger partial charge < -0.3 is 5.32 Å². The highest BCUT2D eigenvalue weighted by atomic mass is 32.2. The normalized spacial score (nSPS) is 11.0. The van der Waals surface area contributed by atoms with Crippen molar-refractivity contribution in [1.29, 1.82) is 0 Å². The molecule has 0 aliphatic heterocycles. The van der Waals surface area contributed by atoms with Gasteiger partial charge in [-0.1, -0.05) is 72.8 Å². The Labute approximate surface area is 210 Å². The Kier molecular flexibility index (Phi) is 7.67. The summed E-state index contributed by atoms with van der Waals surface area (Å²) in [5.74, 6) is -0.341. The molecule has 0 unspecified atom stereocenters. The first-order valence-corrected chi connectivity index (χ1v) is 12.7. The number of rotatable bonds is 7. The van der Waals surface area contributed by atoms with Gasteiger partial charge in [-0.2, -0.15) is 0 Å². The summed E-state index contributed by atoms with van der Waals surface area (Å²) in [6.45, 7) is 0.200. The predicted molar refractivity (Wildman–Crippen MR) is 142 cm³/mol. The second-order valence-electron chi connectivity index (χ2n) is 7.69. The fraction of sp³-hybridized carbons (Fsp3) is 0.0370. The molecule has 0 bridgehead atoms. The highest BCUT2D eigenvalue weighted by molar-refractivity contribution is 7.89. The third kappa shape index (κ3) is 6.60. The summed E-state index contributed by atoms with van der Waals surface area (Å²) in [4.78, 5) is 12.7. The van der Waals surface area contributed by atoms with Crippen LogP contribution in [0.4, 0.5) is 5.69 Å². The van der Waals surface area contributed by atoms with E-state index >= 15 is 0 Å². The summed E-state index contributed by atoms with van der Waals surface area (Å²) in [5.41, 5.74) is 3.97. The van der Waals surface area contributed by atoms with Crippen LogP contribution in [0.25, 0.3) is 11.1 Å². The number of sulfonamides is 1. The predicted octanol–water partition coefficient (Wildman–Crippen LogP) is 4.96. The molecule has 0 aliphatic rings. The summed E-state index contributed by atoms with van der Waals surface area (Å²) in [6.07, 6.45) is 0. The summed E-state index contributed by atoms with van der Waals surface area (Å²) < 4.78 is 27.7. The molecule has 0 fully saturated rings. The van der Waals surface area contributed by atoms with Gasteiger partial charge in [-0.15, -0.1) is 0 Å². The number of carbonyl (C=O) groups is 1. The zero-order chi connectivity index (χ0) is 24.7. The molecule has 0 radical (unpaired) electrons. The van der Waals surface area contributed by atoms with Crippen LogP contribution in [-0.2, 0) is 16.6 Å². The molecule has 1 amide bonds. The van der Waals surface area contributed by atoms with Crippen LogP contribution in [0.1, 0.15) is 15.9 Å². The Morgan fingerprint density at radius 2 is 1.29 bits per heavy atom. The molecule has 0 aliphatic carbocycles. The molecule has 4 aromatic rings. The number of hydrogen-bond donors (Lipinski definition) is 3. The second kappa shape index (κ2) is 11.1. The van der Waals surface area contributed by atoms with Crippen LogP contribution in [0.2, 0.25) is 0 Å². The topological polar surface area (TPSA) is 87.3 Å². The van der Waals surface area contributed by atoms with Gasteiger partial charge in [-0.3, -0.25) is 10.1 Å². The van der Waals surface area contributed by atoms with Crippen LogP contribution >= 0.6 is 12.2 Å². The molecule has 4 aromatic carbocycles. The lowest BCUT2D eigenvalue weighted by molar-refractivity contribution is 0.0977. The average Bonchev–Trinajstić information content (AvgIpc) is 2.89. The zero-order valence-corrected chi connectivity index (χ0v) is 20.3. The maximum atomic E-state index is 12.5. The van der Waals surface area contributed by atoms with E-state index in [2.05, 4.69) is 15.4 Å². The van der Waals surface area contributed by atoms with Crippen molar-refractivity contribution >= 4 is 38.9 Å². The van der Waals surface area contributed by atoms with Crippen LogP contribution < -0.4 is 15.4 Å². The lowest BCUT2D eigenvalue weighted by atomic mass is 10.0. The Balaban J connectivity index is 1.32. The molecular formula is C27H23N3O3S2. The maximum Gasteiger partial charge on any atom is 0.257 e. The minimum atomic E-state index is -3.66. The molecule has 6 nitrogen and oxygen atoms in total. The summed E-state index contributed by atoms with van der Waals surface area (Å²) in [7, 11) is -3.66. The van der Waals surface area contributed by atoms with Gasteiger partial charge in [-0.05, 0) is 65.3 Å². The van der Waals surface area contributed by atoms with Crippen molar-refractivity contribution < 1.29 is 13.2 Å². The van der Waals surface area contributed by atoms with Gasteiger partial charge in [0, 0.05) is 17.8 Å².